The number of rotatable bonds is 5. The highest BCUT2D eigenvalue weighted by molar-refractivity contribution is 5.42. The number of nitrogens with one attached hydrogen (secondary N) is 1. The number of hydrogen-bond donors (Lipinski definition) is 2. The maximum atomic E-state index is 5.55. The first kappa shape index (κ1) is 12.6. The van der Waals surface area contributed by atoms with E-state index in [0.29, 0.717) is 5.82 Å². The van der Waals surface area contributed by atoms with Gasteiger partial charge in [-0.1, -0.05) is 6.07 Å². The first-order chi connectivity index (χ1) is 8.69. The molecule has 0 spiro atoms. The molecule has 0 aliphatic heterocycles. The van der Waals surface area contributed by atoms with Gasteiger partial charge in [-0.05, 0) is 32.2 Å². The molecule has 2 aromatic heterocycles. The Balaban J connectivity index is 2.00. The number of hydrazine groups is 1. The zero-order valence-corrected chi connectivity index (χ0v) is 10.7. The number of anilines is 1. The van der Waals surface area contributed by atoms with Crippen LogP contribution in [0.15, 0.2) is 34.9 Å². The lowest BCUT2D eigenvalue weighted by Crippen LogP contribution is -2.19. The van der Waals surface area contributed by atoms with Crippen LogP contribution in [0, 0.1) is 6.92 Å². The second-order valence-corrected chi connectivity index (χ2v) is 4.34. The minimum atomic E-state index is 0.708. The Morgan fingerprint density at radius 3 is 2.83 bits per heavy atom. The number of aryl methyl sites for hydroxylation is 1. The Morgan fingerprint density at radius 1 is 1.33 bits per heavy atom. The van der Waals surface area contributed by atoms with E-state index in [1.807, 2.05) is 38.2 Å². The molecule has 0 bridgehead atoms. The first-order valence-electron chi connectivity index (χ1n) is 5.83. The molecule has 0 fully saturated rings. The van der Waals surface area contributed by atoms with Crippen LogP contribution in [0.2, 0.25) is 0 Å². The van der Waals surface area contributed by atoms with Gasteiger partial charge in [0.15, 0.2) is 0 Å². The van der Waals surface area contributed by atoms with Crippen molar-refractivity contribution < 1.29 is 4.42 Å². The quantitative estimate of drug-likeness (QED) is 0.623. The summed E-state index contributed by atoms with van der Waals surface area (Å²) in [7, 11) is 2.03. The van der Waals surface area contributed by atoms with E-state index in [1.54, 1.807) is 6.20 Å². The molecule has 0 amide bonds. The van der Waals surface area contributed by atoms with Crippen molar-refractivity contribution in [1.29, 1.82) is 0 Å². The van der Waals surface area contributed by atoms with Crippen LogP contribution in [-0.2, 0) is 13.1 Å². The lowest BCUT2D eigenvalue weighted by Gasteiger charge is -2.16. The van der Waals surface area contributed by atoms with Crippen molar-refractivity contribution in [2.24, 2.45) is 5.84 Å². The molecule has 0 aliphatic carbocycles. The lowest BCUT2D eigenvalue weighted by atomic mass is 10.2. The van der Waals surface area contributed by atoms with Crippen LogP contribution in [0.4, 0.5) is 5.82 Å². The molecule has 0 radical (unpaired) electrons. The molecule has 0 aromatic carbocycles. The molecule has 3 N–H and O–H groups in total. The van der Waals surface area contributed by atoms with E-state index in [0.717, 1.165) is 30.2 Å². The highest BCUT2D eigenvalue weighted by Crippen LogP contribution is 2.15. The summed E-state index contributed by atoms with van der Waals surface area (Å²) < 4.78 is 5.55. The number of aromatic nitrogens is 1. The topological polar surface area (TPSA) is 67.3 Å². The predicted octanol–water partition coefficient (Wildman–Crippen LogP) is 1.90. The van der Waals surface area contributed by atoms with Crippen LogP contribution in [0.3, 0.4) is 0 Å². The number of nitrogens with two attached hydrogens (primary N) is 1. The third-order valence-electron chi connectivity index (χ3n) is 2.69. The van der Waals surface area contributed by atoms with Gasteiger partial charge in [0.2, 0.25) is 0 Å². The zero-order valence-electron chi connectivity index (χ0n) is 10.7. The third kappa shape index (κ3) is 3.09. The molecule has 0 aliphatic rings. The van der Waals surface area contributed by atoms with Crippen LogP contribution in [0.25, 0.3) is 0 Å². The van der Waals surface area contributed by atoms with Crippen molar-refractivity contribution >= 4 is 5.82 Å². The summed E-state index contributed by atoms with van der Waals surface area (Å²) in [5.41, 5.74) is 3.67. The number of nitrogen functional groups attached to an aromatic ring is 1. The van der Waals surface area contributed by atoms with E-state index in [1.165, 1.54) is 0 Å². The predicted molar refractivity (Wildman–Crippen MR) is 70.7 cm³/mol. The molecule has 0 saturated carbocycles. The minimum absolute atomic E-state index is 0.708. The Morgan fingerprint density at radius 2 is 2.17 bits per heavy atom. The average Bonchev–Trinajstić information content (AvgIpc) is 2.75. The second kappa shape index (κ2) is 5.66. The van der Waals surface area contributed by atoms with E-state index >= 15 is 0 Å². The van der Waals surface area contributed by atoms with Gasteiger partial charge in [-0.3, -0.25) is 4.90 Å². The van der Waals surface area contributed by atoms with Crippen molar-refractivity contribution in [3.63, 3.8) is 0 Å². The SMILES string of the molecule is Cc1ccc(CN(C)Cc2cccnc2NN)o1. The second-order valence-electron chi connectivity index (χ2n) is 4.34. The van der Waals surface area contributed by atoms with Crippen molar-refractivity contribution in [1.82, 2.24) is 9.88 Å². The largest absolute Gasteiger partial charge is 0.465 e. The molecule has 5 heteroatoms. The molecule has 2 heterocycles. The molecular weight excluding hydrogens is 228 g/mol. The highest BCUT2D eigenvalue weighted by Gasteiger charge is 2.08. The maximum absolute atomic E-state index is 5.55. The molecule has 0 unspecified atom stereocenters. The average molecular weight is 246 g/mol. The monoisotopic (exact) mass is 246 g/mol. The summed E-state index contributed by atoms with van der Waals surface area (Å²) in [6, 6.07) is 7.88. The van der Waals surface area contributed by atoms with Gasteiger partial charge in [0.05, 0.1) is 6.54 Å². The summed E-state index contributed by atoms with van der Waals surface area (Å²) in [6.07, 6.45) is 1.72. The molecule has 0 saturated heterocycles. The van der Waals surface area contributed by atoms with E-state index in [9.17, 15) is 0 Å². The fraction of sp³-hybridized carbons (Fsp3) is 0.308. The third-order valence-corrected chi connectivity index (χ3v) is 2.69. The number of pyridine rings is 1. The molecule has 5 nitrogen and oxygen atoms in total. The van der Waals surface area contributed by atoms with Gasteiger partial charge in [-0.2, -0.15) is 0 Å². The van der Waals surface area contributed by atoms with Crippen LogP contribution < -0.4 is 11.3 Å². The van der Waals surface area contributed by atoms with E-state index < -0.39 is 0 Å². The Hall–Kier alpha value is -1.85. The van der Waals surface area contributed by atoms with Gasteiger partial charge < -0.3 is 9.84 Å². The fourth-order valence-electron chi connectivity index (χ4n) is 1.88. The number of nitrogens with zero attached hydrogens (tertiary/aromatic N) is 2. The minimum Gasteiger partial charge on any atom is -0.465 e. The standard InChI is InChI=1S/C13H18N4O/c1-10-5-6-12(18-10)9-17(2)8-11-4-3-7-15-13(11)16-14/h3-7H,8-9,14H2,1-2H3,(H,15,16). The number of hydrogen-bond acceptors (Lipinski definition) is 5. The molecule has 2 rings (SSSR count). The summed E-state index contributed by atoms with van der Waals surface area (Å²) in [6.45, 7) is 3.46. The lowest BCUT2D eigenvalue weighted by molar-refractivity contribution is 0.285. The molecule has 18 heavy (non-hydrogen) atoms. The van der Waals surface area contributed by atoms with Crippen LogP contribution >= 0.6 is 0 Å². The van der Waals surface area contributed by atoms with Crippen LogP contribution in [0.5, 0.6) is 0 Å². The van der Waals surface area contributed by atoms with Gasteiger partial charge >= 0.3 is 0 Å². The first-order valence-corrected chi connectivity index (χ1v) is 5.83. The molecule has 2 aromatic rings. The van der Waals surface area contributed by atoms with E-state index in [2.05, 4.69) is 15.3 Å². The molecule has 0 atom stereocenters. The Labute approximate surface area is 107 Å². The molecule has 96 valence electrons. The van der Waals surface area contributed by atoms with Gasteiger partial charge in [0.1, 0.15) is 17.3 Å². The van der Waals surface area contributed by atoms with Crippen molar-refractivity contribution in [2.75, 3.05) is 12.5 Å². The smallest absolute Gasteiger partial charge is 0.144 e. The van der Waals surface area contributed by atoms with Gasteiger partial charge in [-0.15, -0.1) is 0 Å². The Kier molecular flexibility index (Phi) is 3.96. The van der Waals surface area contributed by atoms with E-state index in [-0.39, 0.29) is 0 Å². The van der Waals surface area contributed by atoms with Gasteiger partial charge in [0, 0.05) is 18.3 Å². The van der Waals surface area contributed by atoms with E-state index in [4.69, 9.17) is 10.3 Å². The van der Waals surface area contributed by atoms with Crippen LogP contribution in [0.1, 0.15) is 17.1 Å². The van der Waals surface area contributed by atoms with Crippen molar-refractivity contribution in [3.05, 3.63) is 47.5 Å². The van der Waals surface area contributed by atoms with Crippen molar-refractivity contribution in [2.45, 2.75) is 20.0 Å². The summed E-state index contributed by atoms with van der Waals surface area (Å²) in [5, 5.41) is 0. The van der Waals surface area contributed by atoms with Crippen LogP contribution in [-0.4, -0.2) is 16.9 Å². The number of furan rings is 1. The van der Waals surface area contributed by atoms with Gasteiger partial charge in [0.25, 0.3) is 0 Å². The van der Waals surface area contributed by atoms with Gasteiger partial charge in [-0.25, -0.2) is 10.8 Å². The Bertz CT molecular complexity index is 509. The normalized spacial score (nSPS) is 10.9. The van der Waals surface area contributed by atoms with Crippen molar-refractivity contribution in [3.8, 4) is 0 Å². The fourth-order valence-corrected chi connectivity index (χ4v) is 1.88. The maximum Gasteiger partial charge on any atom is 0.144 e. The molecular formula is C13H18N4O. The zero-order chi connectivity index (χ0) is 13.0. The summed E-state index contributed by atoms with van der Waals surface area (Å²) in [5.74, 6) is 8.03. The summed E-state index contributed by atoms with van der Waals surface area (Å²) in [4.78, 5) is 6.32. The highest BCUT2D eigenvalue weighted by atomic mass is 16.3. The summed E-state index contributed by atoms with van der Waals surface area (Å²) >= 11 is 0.